The van der Waals surface area contributed by atoms with E-state index < -0.39 is 0 Å². The monoisotopic (exact) mass is 502 g/mol. The Morgan fingerprint density at radius 1 is 1.11 bits per heavy atom. The van der Waals surface area contributed by atoms with Crippen molar-refractivity contribution in [2.24, 2.45) is 17.8 Å². The molecule has 2 aromatic rings. The number of hydrogen-bond acceptors (Lipinski definition) is 6. The summed E-state index contributed by atoms with van der Waals surface area (Å²) in [5.74, 6) is 3.21. The van der Waals surface area contributed by atoms with Gasteiger partial charge in [0.2, 0.25) is 5.91 Å². The van der Waals surface area contributed by atoms with E-state index in [9.17, 15) is 4.79 Å². The molecular formula is C27H39ClN4O3. The van der Waals surface area contributed by atoms with Crippen molar-refractivity contribution in [3.63, 3.8) is 0 Å². The van der Waals surface area contributed by atoms with Crippen molar-refractivity contribution in [3.8, 4) is 0 Å². The standard InChI is InChI=1S/C27H39ClN4O3/c1-34-18-21-14-20(15-21)16-26(33)29-23-5-2-19(3-6-23)8-9-31-10-12-32(13-11-31)27-24-7-4-22(28)17-25(24)35-30-27/h4,7,17,19-21,23H,2-3,5-6,8-16,18H2,1H3,(H,29,33)/t19-,20?,21?,23-. The molecule has 1 aromatic carbocycles. The van der Waals surface area contributed by atoms with E-state index in [0.717, 1.165) is 87.7 Å². The third-order valence-electron chi connectivity index (χ3n) is 8.36. The molecule has 3 fully saturated rings. The molecular weight excluding hydrogens is 464 g/mol. The highest BCUT2D eigenvalue weighted by Gasteiger charge is 2.31. The molecule has 1 saturated heterocycles. The molecule has 8 heteroatoms. The van der Waals surface area contributed by atoms with Gasteiger partial charge in [0.15, 0.2) is 11.4 Å². The van der Waals surface area contributed by atoms with Crippen LogP contribution in [0.15, 0.2) is 22.7 Å². The number of rotatable bonds is 9. The van der Waals surface area contributed by atoms with Crippen LogP contribution in [0.2, 0.25) is 5.02 Å². The smallest absolute Gasteiger partial charge is 0.220 e. The fraction of sp³-hybridized carbons (Fsp3) is 0.704. The number of halogens is 1. The molecule has 1 aliphatic heterocycles. The Labute approximate surface area is 213 Å². The number of hydrogen-bond donors (Lipinski definition) is 1. The van der Waals surface area contributed by atoms with Crippen LogP contribution in [0.5, 0.6) is 0 Å². The van der Waals surface area contributed by atoms with Crippen LogP contribution in [-0.4, -0.2) is 68.4 Å². The van der Waals surface area contributed by atoms with Gasteiger partial charge in [-0.25, -0.2) is 0 Å². The first kappa shape index (κ1) is 24.8. The van der Waals surface area contributed by atoms with E-state index in [0.29, 0.717) is 29.3 Å². The largest absolute Gasteiger partial charge is 0.384 e. The van der Waals surface area contributed by atoms with Crippen molar-refractivity contribution in [1.29, 1.82) is 0 Å². The third-order valence-corrected chi connectivity index (χ3v) is 8.60. The second-order valence-electron chi connectivity index (χ2n) is 10.9. The Kier molecular flexibility index (Phi) is 8.15. The lowest BCUT2D eigenvalue weighted by atomic mass is 9.73. The number of anilines is 1. The van der Waals surface area contributed by atoms with Gasteiger partial charge in [0, 0.05) is 63.4 Å². The summed E-state index contributed by atoms with van der Waals surface area (Å²) in [4.78, 5) is 17.3. The number of carbonyl (C=O) groups is 1. The van der Waals surface area contributed by atoms with Gasteiger partial charge < -0.3 is 19.5 Å². The number of carbonyl (C=O) groups excluding carboxylic acids is 1. The maximum Gasteiger partial charge on any atom is 0.220 e. The fourth-order valence-electron chi connectivity index (χ4n) is 6.23. The Morgan fingerprint density at radius 2 is 1.89 bits per heavy atom. The Morgan fingerprint density at radius 3 is 2.63 bits per heavy atom. The third kappa shape index (κ3) is 6.30. The predicted octanol–water partition coefficient (Wildman–Crippen LogP) is 4.73. The summed E-state index contributed by atoms with van der Waals surface area (Å²) in [6.45, 7) is 6.05. The van der Waals surface area contributed by atoms with Gasteiger partial charge in [0.25, 0.3) is 0 Å². The molecule has 1 N–H and O–H groups in total. The minimum atomic E-state index is 0.259. The molecule has 2 aliphatic carbocycles. The fourth-order valence-corrected chi connectivity index (χ4v) is 6.39. The summed E-state index contributed by atoms with van der Waals surface area (Å²) in [6, 6.07) is 6.11. The second-order valence-corrected chi connectivity index (χ2v) is 11.3. The SMILES string of the molecule is COCC1CC(CC(=O)N[C@H]2CC[C@H](CCN3CCN(c4noc5cc(Cl)ccc45)CC3)CC2)C1. The average molecular weight is 503 g/mol. The molecule has 1 amide bonds. The van der Waals surface area contributed by atoms with Gasteiger partial charge in [-0.15, -0.1) is 0 Å². The van der Waals surface area contributed by atoms with E-state index in [1.54, 1.807) is 7.11 Å². The number of piperazine rings is 1. The molecule has 0 bridgehead atoms. The van der Waals surface area contributed by atoms with Crippen molar-refractivity contribution >= 4 is 34.3 Å². The second kappa shape index (κ2) is 11.5. The summed E-state index contributed by atoms with van der Waals surface area (Å²) in [5, 5.41) is 9.33. The van der Waals surface area contributed by atoms with Gasteiger partial charge in [-0.1, -0.05) is 16.8 Å². The first-order chi connectivity index (χ1) is 17.1. The molecule has 7 nitrogen and oxygen atoms in total. The van der Waals surface area contributed by atoms with Gasteiger partial charge >= 0.3 is 0 Å². The Balaban J connectivity index is 0.970. The lowest BCUT2D eigenvalue weighted by Crippen LogP contribution is -2.47. The molecule has 1 aromatic heterocycles. The molecule has 0 atom stereocenters. The van der Waals surface area contributed by atoms with Gasteiger partial charge in [-0.2, -0.15) is 0 Å². The first-order valence-electron chi connectivity index (χ1n) is 13.4. The van der Waals surface area contributed by atoms with Crippen molar-refractivity contribution in [3.05, 3.63) is 23.2 Å². The highest BCUT2D eigenvalue weighted by molar-refractivity contribution is 6.31. The van der Waals surface area contributed by atoms with Crippen LogP contribution in [0.25, 0.3) is 11.0 Å². The van der Waals surface area contributed by atoms with Crippen LogP contribution in [-0.2, 0) is 9.53 Å². The highest BCUT2D eigenvalue weighted by Crippen LogP contribution is 2.36. The molecule has 0 radical (unpaired) electrons. The van der Waals surface area contributed by atoms with E-state index in [1.807, 2.05) is 18.2 Å². The van der Waals surface area contributed by atoms with Gasteiger partial charge in [-0.3, -0.25) is 9.69 Å². The van der Waals surface area contributed by atoms with Gasteiger partial charge in [-0.05, 0) is 81.4 Å². The van der Waals surface area contributed by atoms with Crippen molar-refractivity contribution < 1.29 is 14.1 Å². The topological polar surface area (TPSA) is 70.8 Å². The van der Waals surface area contributed by atoms with E-state index in [1.165, 1.54) is 19.3 Å². The average Bonchev–Trinajstić information content (AvgIpc) is 3.25. The molecule has 5 rings (SSSR count). The zero-order valence-corrected chi connectivity index (χ0v) is 21.6. The van der Waals surface area contributed by atoms with Crippen LogP contribution in [0.4, 0.5) is 5.82 Å². The number of methoxy groups -OCH3 is 1. The Hall–Kier alpha value is -1.83. The summed E-state index contributed by atoms with van der Waals surface area (Å²) >= 11 is 6.07. The molecule has 35 heavy (non-hydrogen) atoms. The number of fused-ring (bicyclic) bond motifs is 1. The maximum absolute atomic E-state index is 12.4. The molecule has 2 heterocycles. The van der Waals surface area contributed by atoms with Crippen molar-refractivity contribution in [1.82, 2.24) is 15.4 Å². The summed E-state index contributed by atoms with van der Waals surface area (Å²) < 4.78 is 10.7. The minimum Gasteiger partial charge on any atom is -0.384 e. The van der Waals surface area contributed by atoms with Gasteiger partial charge in [0.05, 0.1) is 5.39 Å². The molecule has 0 spiro atoms. The zero-order valence-electron chi connectivity index (χ0n) is 20.9. The van der Waals surface area contributed by atoms with Crippen LogP contribution in [0.1, 0.15) is 51.4 Å². The number of nitrogens with zero attached hydrogens (tertiary/aromatic N) is 3. The number of nitrogens with one attached hydrogen (secondary N) is 1. The maximum atomic E-state index is 12.4. The summed E-state index contributed by atoms with van der Waals surface area (Å²) in [6.07, 6.45) is 8.97. The zero-order chi connectivity index (χ0) is 24.2. The summed E-state index contributed by atoms with van der Waals surface area (Å²) in [5.41, 5.74) is 0.750. The molecule has 0 unspecified atom stereocenters. The van der Waals surface area contributed by atoms with Crippen LogP contribution in [0.3, 0.4) is 0 Å². The van der Waals surface area contributed by atoms with Crippen LogP contribution >= 0.6 is 11.6 Å². The lowest BCUT2D eigenvalue weighted by molar-refractivity contribution is -0.124. The van der Waals surface area contributed by atoms with Crippen molar-refractivity contribution in [2.75, 3.05) is 51.3 Å². The van der Waals surface area contributed by atoms with Crippen molar-refractivity contribution in [2.45, 2.75) is 57.4 Å². The predicted molar refractivity (Wildman–Crippen MR) is 139 cm³/mol. The molecule has 3 aliphatic rings. The van der Waals surface area contributed by atoms with Gasteiger partial charge in [0.1, 0.15) is 0 Å². The lowest BCUT2D eigenvalue weighted by Gasteiger charge is -2.36. The quantitative estimate of drug-likeness (QED) is 0.534. The van der Waals surface area contributed by atoms with E-state index in [4.69, 9.17) is 20.9 Å². The molecule has 192 valence electrons. The minimum absolute atomic E-state index is 0.259. The van der Waals surface area contributed by atoms with E-state index in [-0.39, 0.29) is 5.91 Å². The first-order valence-corrected chi connectivity index (χ1v) is 13.8. The number of benzene rings is 1. The van der Waals surface area contributed by atoms with Crippen LogP contribution < -0.4 is 10.2 Å². The Bertz CT molecular complexity index is 976. The molecule has 2 saturated carbocycles. The number of amides is 1. The van der Waals surface area contributed by atoms with E-state index in [2.05, 4.69) is 20.3 Å². The van der Waals surface area contributed by atoms with E-state index >= 15 is 0 Å². The van der Waals surface area contributed by atoms with Crippen LogP contribution in [0, 0.1) is 17.8 Å². The summed E-state index contributed by atoms with van der Waals surface area (Å²) in [7, 11) is 1.76. The highest BCUT2D eigenvalue weighted by atomic mass is 35.5. The number of aromatic nitrogens is 1. The number of ether oxygens (including phenoxy) is 1. The normalized spacial score (nSPS) is 27.7.